The van der Waals surface area contributed by atoms with E-state index in [1.807, 2.05) is 12.1 Å². The van der Waals surface area contributed by atoms with Crippen LogP contribution >= 0.6 is 39.1 Å². The molecule has 2 aromatic rings. The average Bonchev–Trinajstić information content (AvgIpc) is 2.58. The molecule has 0 bridgehead atoms. The minimum atomic E-state index is -0.0825. The Kier molecular flexibility index (Phi) is 5.09. The fourth-order valence-corrected chi connectivity index (χ4v) is 3.15. The van der Waals surface area contributed by atoms with Crippen LogP contribution in [0.1, 0.15) is 10.4 Å². The first kappa shape index (κ1) is 16.6. The number of rotatable bonds is 2. The zero-order chi connectivity index (χ0) is 16.4. The van der Waals surface area contributed by atoms with E-state index in [4.69, 9.17) is 23.2 Å². The number of hydrogen-bond donors (Lipinski definition) is 0. The Labute approximate surface area is 153 Å². The van der Waals surface area contributed by atoms with Crippen molar-refractivity contribution in [2.24, 2.45) is 0 Å². The molecule has 3 rings (SSSR count). The van der Waals surface area contributed by atoms with Crippen LogP contribution in [-0.4, -0.2) is 42.0 Å². The first-order valence-electron chi connectivity index (χ1n) is 7.16. The molecule has 1 aromatic carbocycles. The van der Waals surface area contributed by atoms with Crippen LogP contribution in [0.4, 0.5) is 5.82 Å². The third kappa shape index (κ3) is 3.62. The van der Waals surface area contributed by atoms with Crippen molar-refractivity contribution >= 4 is 50.9 Å². The highest BCUT2D eigenvalue weighted by molar-refractivity contribution is 9.10. The summed E-state index contributed by atoms with van der Waals surface area (Å²) >= 11 is 15.5. The van der Waals surface area contributed by atoms with E-state index in [-0.39, 0.29) is 5.91 Å². The smallest absolute Gasteiger partial charge is 0.255 e. The fraction of sp³-hybridized carbons (Fsp3) is 0.250. The molecular weight excluding hydrogens is 401 g/mol. The van der Waals surface area contributed by atoms with Crippen molar-refractivity contribution in [3.8, 4) is 0 Å². The second kappa shape index (κ2) is 7.07. The lowest BCUT2D eigenvalue weighted by molar-refractivity contribution is 0.0746. The average molecular weight is 415 g/mol. The number of aromatic nitrogens is 1. The van der Waals surface area contributed by atoms with E-state index in [0.29, 0.717) is 28.7 Å². The maximum absolute atomic E-state index is 12.6. The Morgan fingerprint density at radius 2 is 1.83 bits per heavy atom. The van der Waals surface area contributed by atoms with Crippen LogP contribution in [0.3, 0.4) is 0 Å². The Morgan fingerprint density at radius 1 is 1.09 bits per heavy atom. The van der Waals surface area contributed by atoms with Gasteiger partial charge in [0.05, 0.1) is 15.6 Å². The number of piperazine rings is 1. The summed E-state index contributed by atoms with van der Waals surface area (Å²) in [6, 6.07) is 9.06. The molecule has 0 saturated carbocycles. The SMILES string of the molecule is O=C(c1cccc(Cl)c1Cl)N1CCN(c2ccc(Br)cn2)CC1. The standard InChI is InChI=1S/C16H14BrCl2N3O/c17-11-4-5-14(20-10-11)21-6-8-22(9-7-21)16(23)12-2-1-3-13(18)15(12)19/h1-5,10H,6-9H2. The van der Waals surface area contributed by atoms with Gasteiger partial charge in [-0.3, -0.25) is 4.79 Å². The number of halogens is 3. The topological polar surface area (TPSA) is 36.4 Å². The van der Waals surface area contributed by atoms with Gasteiger partial charge in [0.1, 0.15) is 5.82 Å². The maximum Gasteiger partial charge on any atom is 0.255 e. The predicted molar refractivity (Wildman–Crippen MR) is 96.5 cm³/mol. The summed E-state index contributed by atoms with van der Waals surface area (Å²) in [5, 5.41) is 0.714. The first-order valence-corrected chi connectivity index (χ1v) is 8.71. The lowest BCUT2D eigenvalue weighted by Gasteiger charge is -2.35. The van der Waals surface area contributed by atoms with Crippen molar-refractivity contribution in [1.82, 2.24) is 9.88 Å². The third-order valence-electron chi connectivity index (χ3n) is 3.78. The van der Waals surface area contributed by atoms with Crippen LogP contribution in [0.2, 0.25) is 10.0 Å². The van der Waals surface area contributed by atoms with Gasteiger partial charge in [-0.05, 0) is 40.2 Å². The molecule has 1 aromatic heterocycles. The molecule has 0 N–H and O–H groups in total. The van der Waals surface area contributed by atoms with Crippen molar-refractivity contribution in [3.63, 3.8) is 0 Å². The molecule has 7 heteroatoms. The van der Waals surface area contributed by atoms with Gasteiger partial charge in [0, 0.05) is 36.8 Å². The van der Waals surface area contributed by atoms with E-state index in [0.717, 1.165) is 23.4 Å². The van der Waals surface area contributed by atoms with Crippen LogP contribution in [0.25, 0.3) is 0 Å². The second-order valence-electron chi connectivity index (χ2n) is 5.22. The van der Waals surface area contributed by atoms with Crippen LogP contribution < -0.4 is 4.90 Å². The molecule has 0 aliphatic carbocycles. The summed E-state index contributed by atoms with van der Waals surface area (Å²) in [5.74, 6) is 0.835. The van der Waals surface area contributed by atoms with Gasteiger partial charge < -0.3 is 9.80 Å². The summed E-state index contributed by atoms with van der Waals surface area (Å²) in [4.78, 5) is 21.0. The lowest BCUT2D eigenvalue weighted by atomic mass is 10.1. The minimum Gasteiger partial charge on any atom is -0.353 e. The van der Waals surface area contributed by atoms with E-state index in [1.54, 1.807) is 29.3 Å². The molecule has 1 amide bonds. The molecule has 1 aliphatic heterocycles. The van der Waals surface area contributed by atoms with Gasteiger partial charge >= 0.3 is 0 Å². The molecule has 0 spiro atoms. The second-order valence-corrected chi connectivity index (χ2v) is 6.92. The highest BCUT2D eigenvalue weighted by Crippen LogP contribution is 2.27. The van der Waals surface area contributed by atoms with Gasteiger partial charge in [-0.15, -0.1) is 0 Å². The molecule has 2 heterocycles. The van der Waals surface area contributed by atoms with Crippen LogP contribution in [0.5, 0.6) is 0 Å². The molecule has 0 radical (unpaired) electrons. The minimum absolute atomic E-state index is 0.0825. The van der Waals surface area contributed by atoms with E-state index in [9.17, 15) is 4.79 Å². The largest absolute Gasteiger partial charge is 0.353 e. The van der Waals surface area contributed by atoms with Gasteiger partial charge in [0.15, 0.2) is 0 Å². The summed E-state index contributed by atoms with van der Waals surface area (Å²) in [5.41, 5.74) is 0.453. The zero-order valence-corrected chi connectivity index (χ0v) is 15.3. The van der Waals surface area contributed by atoms with Crippen molar-refractivity contribution in [3.05, 3.63) is 56.6 Å². The summed E-state index contributed by atoms with van der Waals surface area (Å²) < 4.78 is 0.950. The third-order valence-corrected chi connectivity index (χ3v) is 5.07. The molecule has 4 nitrogen and oxygen atoms in total. The number of pyridine rings is 1. The van der Waals surface area contributed by atoms with Gasteiger partial charge in [-0.25, -0.2) is 4.98 Å². The molecular formula is C16H14BrCl2N3O. The summed E-state index contributed by atoms with van der Waals surface area (Å²) in [6.45, 7) is 2.72. The normalized spacial score (nSPS) is 14.9. The maximum atomic E-state index is 12.6. The summed E-state index contributed by atoms with van der Waals surface area (Å²) in [7, 11) is 0. The van der Waals surface area contributed by atoms with E-state index >= 15 is 0 Å². The van der Waals surface area contributed by atoms with Crippen LogP contribution in [0.15, 0.2) is 41.0 Å². The number of carbonyl (C=O) groups excluding carboxylic acids is 1. The van der Waals surface area contributed by atoms with E-state index in [2.05, 4.69) is 25.8 Å². The molecule has 1 aliphatic rings. The number of amides is 1. The monoisotopic (exact) mass is 413 g/mol. The Hall–Kier alpha value is -1.30. The number of anilines is 1. The molecule has 120 valence electrons. The van der Waals surface area contributed by atoms with Crippen molar-refractivity contribution in [2.45, 2.75) is 0 Å². The van der Waals surface area contributed by atoms with Crippen molar-refractivity contribution in [2.75, 3.05) is 31.1 Å². The van der Waals surface area contributed by atoms with Crippen molar-refractivity contribution in [1.29, 1.82) is 0 Å². The number of benzene rings is 1. The Morgan fingerprint density at radius 3 is 2.48 bits per heavy atom. The Balaban J connectivity index is 1.68. The van der Waals surface area contributed by atoms with E-state index in [1.165, 1.54) is 0 Å². The highest BCUT2D eigenvalue weighted by atomic mass is 79.9. The van der Waals surface area contributed by atoms with Crippen LogP contribution in [-0.2, 0) is 0 Å². The fourth-order valence-electron chi connectivity index (χ4n) is 2.53. The lowest BCUT2D eigenvalue weighted by Crippen LogP contribution is -2.49. The van der Waals surface area contributed by atoms with Crippen LogP contribution in [0, 0.1) is 0 Å². The predicted octanol–water partition coefficient (Wildman–Crippen LogP) is 4.11. The molecule has 0 unspecified atom stereocenters. The zero-order valence-electron chi connectivity index (χ0n) is 12.2. The molecule has 1 fully saturated rings. The first-order chi connectivity index (χ1) is 11.1. The highest BCUT2D eigenvalue weighted by Gasteiger charge is 2.24. The van der Waals surface area contributed by atoms with E-state index < -0.39 is 0 Å². The van der Waals surface area contributed by atoms with Crippen molar-refractivity contribution < 1.29 is 4.79 Å². The molecule has 1 saturated heterocycles. The summed E-state index contributed by atoms with van der Waals surface area (Å²) in [6.07, 6.45) is 1.78. The van der Waals surface area contributed by atoms with Gasteiger partial charge in [-0.2, -0.15) is 0 Å². The van der Waals surface area contributed by atoms with Gasteiger partial charge in [0.2, 0.25) is 0 Å². The molecule has 0 atom stereocenters. The number of carbonyl (C=O) groups is 1. The quantitative estimate of drug-likeness (QED) is 0.741. The number of nitrogens with zero attached hydrogens (tertiary/aromatic N) is 3. The number of hydrogen-bond acceptors (Lipinski definition) is 3. The Bertz CT molecular complexity index is 716. The van der Waals surface area contributed by atoms with Gasteiger partial charge in [-0.1, -0.05) is 29.3 Å². The van der Waals surface area contributed by atoms with Gasteiger partial charge in [0.25, 0.3) is 5.91 Å². The molecule has 23 heavy (non-hydrogen) atoms.